The molecular formula is C23H23ClN4O3. The Labute approximate surface area is 185 Å². The van der Waals surface area contributed by atoms with Crippen LogP contribution in [0.3, 0.4) is 0 Å². The molecule has 0 radical (unpaired) electrons. The van der Waals surface area contributed by atoms with Crippen LogP contribution in [0.15, 0.2) is 36.7 Å². The number of H-pyrrole nitrogens is 1. The van der Waals surface area contributed by atoms with Crippen LogP contribution in [0, 0.1) is 6.92 Å². The molecule has 0 aliphatic carbocycles. The zero-order valence-corrected chi connectivity index (χ0v) is 17.9. The maximum absolute atomic E-state index is 12.8. The van der Waals surface area contributed by atoms with E-state index in [4.69, 9.17) is 21.1 Å². The van der Waals surface area contributed by atoms with Crippen molar-refractivity contribution in [2.24, 2.45) is 0 Å². The van der Waals surface area contributed by atoms with Gasteiger partial charge in [0.15, 0.2) is 0 Å². The van der Waals surface area contributed by atoms with Crippen LogP contribution in [0.25, 0.3) is 11.3 Å². The zero-order valence-electron chi connectivity index (χ0n) is 17.1. The summed E-state index contributed by atoms with van der Waals surface area (Å²) in [4.78, 5) is 20.5. The number of rotatable bonds is 6. The minimum Gasteiger partial charge on any atom is -0.489 e. The summed E-state index contributed by atoms with van der Waals surface area (Å²) in [6.45, 7) is 3.79. The van der Waals surface area contributed by atoms with E-state index in [0.717, 1.165) is 47.7 Å². The highest BCUT2D eigenvalue weighted by Crippen LogP contribution is 2.41. The van der Waals surface area contributed by atoms with Gasteiger partial charge in [0, 0.05) is 54.2 Å². The Morgan fingerprint density at radius 3 is 3.03 bits per heavy atom. The van der Waals surface area contributed by atoms with Crippen LogP contribution in [-0.2, 0) is 11.2 Å². The maximum atomic E-state index is 12.8. The van der Waals surface area contributed by atoms with Gasteiger partial charge < -0.3 is 25.1 Å². The molecule has 160 valence electrons. The van der Waals surface area contributed by atoms with E-state index < -0.39 is 0 Å². The molecule has 5 rings (SSSR count). The van der Waals surface area contributed by atoms with Crippen molar-refractivity contribution in [1.82, 2.24) is 15.3 Å². The molecule has 3 N–H and O–H groups in total. The molecule has 8 heteroatoms. The predicted molar refractivity (Wildman–Crippen MR) is 119 cm³/mol. The highest BCUT2D eigenvalue weighted by atomic mass is 35.5. The zero-order chi connectivity index (χ0) is 21.4. The Bertz CT molecular complexity index is 1140. The molecule has 2 aliphatic rings. The van der Waals surface area contributed by atoms with E-state index in [0.29, 0.717) is 35.2 Å². The number of hydrogen-bond acceptors (Lipinski definition) is 5. The highest BCUT2D eigenvalue weighted by Gasteiger charge is 2.29. The van der Waals surface area contributed by atoms with E-state index in [9.17, 15) is 4.79 Å². The summed E-state index contributed by atoms with van der Waals surface area (Å²) >= 11 is 6.33. The van der Waals surface area contributed by atoms with Gasteiger partial charge in [0.05, 0.1) is 29.2 Å². The van der Waals surface area contributed by atoms with Gasteiger partial charge in [-0.2, -0.15) is 0 Å². The van der Waals surface area contributed by atoms with Crippen LogP contribution in [0.1, 0.15) is 28.0 Å². The lowest BCUT2D eigenvalue weighted by Gasteiger charge is -2.26. The van der Waals surface area contributed by atoms with Gasteiger partial charge in [-0.05, 0) is 30.7 Å². The van der Waals surface area contributed by atoms with Crippen LogP contribution in [0.5, 0.6) is 5.75 Å². The topological polar surface area (TPSA) is 88.3 Å². The van der Waals surface area contributed by atoms with Gasteiger partial charge in [-0.25, -0.2) is 0 Å². The van der Waals surface area contributed by atoms with Gasteiger partial charge in [-0.3, -0.25) is 9.78 Å². The summed E-state index contributed by atoms with van der Waals surface area (Å²) < 4.78 is 11.5. The second-order valence-electron chi connectivity index (χ2n) is 7.74. The molecule has 0 bridgehead atoms. The van der Waals surface area contributed by atoms with E-state index in [1.54, 1.807) is 12.4 Å². The molecule has 31 heavy (non-hydrogen) atoms. The van der Waals surface area contributed by atoms with Crippen LogP contribution in [-0.4, -0.2) is 41.7 Å². The van der Waals surface area contributed by atoms with E-state index in [-0.39, 0.29) is 12.0 Å². The average molecular weight is 439 g/mol. The van der Waals surface area contributed by atoms with Crippen molar-refractivity contribution in [3.05, 3.63) is 58.5 Å². The van der Waals surface area contributed by atoms with Gasteiger partial charge in [-0.15, -0.1) is 0 Å². The maximum Gasteiger partial charge on any atom is 0.255 e. The van der Waals surface area contributed by atoms with Crippen LogP contribution in [0.4, 0.5) is 11.4 Å². The number of aromatic amines is 1. The molecular weight excluding hydrogens is 416 g/mol. The number of benzene rings is 1. The smallest absolute Gasteiger partial charge is 0.255 e. The first-order valence-electron chi connectivity index (χ1n) is 10.4. The number of aromatic nitrogens is 2. The van der Waals surface area contributed by atoms with Gasteiger partial charge in [0.2, 0.25) is 0 Å². The minimum atomic E-state index is -0.106. The molecule has 4 heterocycles. The molecule has 1 saturated heterocycles. The number of amides is 1. The number of ether oxygens (including phenoxy) is 2. The lowest BCUT2D eigenvalue weighted by atomic mass is 10.0. The standard InChI is InChI=1S/C23H23ClN4O3/c1-13-16(24)3-2-4-17(13)27-22-20-18(6-9-26-23(20)29)28-21(22)15-5-8-25-11-19(15)31-12-14-7-10-30-14/h2-5,8,11,14,27-28H,6-7,9-10,12H2,1H3,(H,26,29). The first-order valence-corrected chi connectivity index (χ1v) is 10.7. The number of carbonyl (C=O) groups excluding carboxylic acids is 1. The Morgan fingerprint density at radius 1 is 1.35 bits per heavy atom. The van der Waals surface area contributed by atoms with E-state index in [1.807, 2.05) is 31.2 Å². The number of anilines is 2. The fourth-order valence-corrected chi connectivity index (χ4v) is 4.06. The number of nitrogens with zero attached hydrogens (tertiary/aromatic N) is 1. The Morgan fingerprint density at radius 2 is 2.23 bits per heavy atom. The summed E-state index contributed by atoms with van der Waals surface area (Å²) in [7, 11) is 0. The first kappa shape index (κ1) is 19.9. The fourth-order valence-electron chi connectivity index (χ4n) is 3.88. The number of carbonyl (C=O) groups is 1. The molecule has 1 unspecified atom stereocenters. The molecule has 1 amide bonds. The lowest BCUT2D eigenvalue weighted by Crippen LogP contribution is -2.32. The van der Waals surface area contributed by atoms with Crippen molar-refractivity contribution in [3.63, 3.8) is 0 Å². The van der Waals surface area contributed by atoms with Crippen LogP contribution in [0.2, 0.25) is 5.02 Å². The van der Waals surface area contributed by atoms with Gasteiger partial charge in [0.25, 0.3) is 5.91 Å². The third kappa shape index (κ3) is 3.75. The normalized spacial score (nSPS) is 17.5. The Hall–Kier alpha value is -3.03. The molecule has 7 nitrogen and oxygen atoms in total. The summed E-state index contributed by atoms with van der Waals surface area (Å²) in [5.41, 5.74) is 5.58. The monoisotopic (exact) mass is 438 g/mol. The molecule has 1 aromatic carbocycles. The number of hydrogen-bond donors (Lipinski definition) is 3. The number of fused-ring (bicyclic) bond motifs is 1. The van der Waals surface area contributed by atoms with E-state index in [1.165, 1.54) is 0 Å². The molecule has 2 aliphatic heterocycles. The number of pyridine rings is 1. The third-order valence-electron chi connectivity index (χ3n) is 5.76. The van der Waals surface area contributed by atoms with Crippen molar-refractivity contribution in [1.29, 1.82) is 0 Å². The molecule has 0 spiro atoms. The average Bonchev–Trinajstić information content (AvgIpc) is 3.10. The molecule has 0 saturated carbocycles. The minimum absolute atomic E-state index is 0.106. The largest absolute Gasteiger partial charge is 0.489 e. The van der Waals surface area contributed by atoms with Crippen LogP contribution >= 0.6 is 11.6 Å². The molecule has 1 fully saturated rings. The van der Waals surface area contributed by atoms with Gasteiger partial charge in [-0.1, -0.05) is 17.7 Å². The Balaban J connectivity index is 1.59. The molecule has 2 aromatic heterocycles. The van der Waals surface area contributed by atoms with Crippen molar-refractivity contribution in [3.8, 4) is 17.0 Å². The SMILES string of the molecule is Cc1c(Cl)cccc1Nc1c(-c2ccncc2OCC2CCO2)[nH]c2c1C(=O)NCC2. The summed E-state index contributed by atoms with van der Waals surface area (Å²) in [6.07, 6.45) is 5.25. The third-order valence-corrected chi connectivity index (χ3v) is 6.17. The summed E-state index contributed by atoms with van der Waals surface area (Å²) in [5.74, 6) is 0.535. The van der Waals surface area contributed by atoms with Crippen molar-refractivity contribution < 1.29 is 14.3 Å². The molecule has 3 aromatic rings. The van der Waals surface area contributed by atoms with Crippen molar-refractivity contribution in [2.75, 3.05) is 25.1 Å². The quantitative estimate of drug-likeness (QED) is 0.535. The summed E-state index contributed by atoms with van der Waals surface area (Å²) in [5, 5.41) is 7.06. The Kier molecular flexibility index (Phi) is 5.29. The lowest BCUT2D eigenvalue weighted by molar-refractivity contribution is -0.0720. The van der Waals surface area contributed by atoms with Gasteiger partial charge >= 0.3 is 0 Å². The van der Waals surface area contributed by atoms with Crippen molar-refractivity contribution in [2.45, 2.75) is 25.9 Å². The number of nitrogens with one attached hydrogen (secondary N) is 3. The fraction of sp³-hybridized carbons (Fsp3) is 0.304. The highest BCUT2D eigenvalue weighted by molar-refractivity contribution is 6.31. The predicted octanol–water partition coefficient (Wildman–Crippen LogP) is 4.24. The van der Waals surface area contributed by atoms with E-state index >= 15 is 0 Å². The van der Waals surface area contributed by atoms with Crippen LogP contribution < -0.4 is 15.4 Å². The number of halogens is 1. The van der Waals surface area contributed by atoms with Gasteiger partial charge in [0.1, 0.15) is 12.4 Å². The van der Waals surface area contributed by atoms with E-state index in [2.05, 4.69) is 20.6 Å². The summed E-state index contributed by atoms with van der Waals surface area (Å²) in [6, 6.07) is 7.57. The van der Waals surface area contributed by atoms with Crippen molar-refractivity contribution >= 4 is 28.9 Å². The second kappa shape index (κ2) is 8.24. The molecule has 1 atom stereocenters. The second-order valence-corrected chi connectivity index (χ2v) is 8.14. The first-order chi connectivity index (χ1) is 15.1.